The van der Waals surface area contributed by atoms with Gasteiger partial charge >= 0.3 is 5.69 Å². The lowest BCUT2D eigenvalue weighted by molar-refractivity contribution is -0.385. The van der Waals surface area contributed by atoms with Crippen molar-refractivity contribution in [1.82, 2.24) is 9.97 Å². The molecule has 1 saturated heterocycles. The van der Waals surface area contributed by atoms with Crippen molar-refractivity contribution in [2.24, 2.45) is 0 Å². The Morgan fingerprint density at radius 2 is 1.95 bits per heavy atom. The van der Waals surface area contributed by atoms with Crippen LogP contribution in [0.4, 0.5) is 23.0 Å². The van der Waals surface area contributed by atoms with E-state index in [4.69, 9.17) is 4.74 Å². The number of anilines is 3. The van der Waals surface area contributed by atoms with Crippen molar-refractivity contribution < 1.29 is 9.66 Å². The van der Waals surface area contributed by atoms with Gasteiger partial charge in [-0.15, -0.1) is 0 Å². The van der Waals surface area contributed by atoms with Crippen LogP contribution in [0.25, 0.3) is 0 Å². The maximum Gasteiger partial charge on any atom is 0.305 e. The van der Waals surface area contributed by atoms with Crippen molar-refractivity contribution in [3.8, 4) is 0 Å². The molecule has 1 aromatic carbocycles. The largest absolute Gasteiger partial charge is 0.378 e. The number of rotatable bonds is 4. The van der Waals surface area contributed by atoms with Crippen molar-refractivity contribution in [2.75, 3.05) is 36.5 Å². The van der Waals surface area contributed by atoms with Crippen LogP contribution in [-0.2, 0) is 4.74 Å². The quantitative estimate of drug-likeness (QED) is 0.681. The summed E-state index contributed by atoms with van der Waals surface area (Å²) >= 11 is 0. The molecule has 0 aliphatic carbocycles. The summed E-state index contributed by atoms with van der Waals surface area (Å²) in [6.45, 7) is 3.17. The molecule has 3 rings (SSSR count). The zero-order valence-electron chi connectivity index (χ0n) is 11.8. The smallest absolute Gasteiger partial charge is 0.305 e. The highest BCUT2D eigenvalue weighted by Crippen LogP contribution is 2.22. The van der Waals surface area contributed by atoms with Gasteiger partial charge in [-0.1, -0.05) is 6.07 Å². The third-order valence-electron chi connectivity index (χ3n) is 3.33. The first-order chi connectivity index (χ1) is 10.7. The Morgan fingerprint density at radius 3 is 2.64 bits per heavy atom. The van der Waals surface area contributed by atoms with Crippen LogP contribution in [0.3, 0.4) is 0 Å². The minimum atomic E-state index is -0.525. The number of aromatic nitrogens is 2. The lowest BCUT2D eigenvalue weighted by Crippen LogP contribution is -2.36. The molecular formula is C14H15N5O3. The van der Waals surface area contributed by atoms with Crippen molar-refractivity contribution >= 4 is 23.0 Å². The summed E-state index contributed by atoms with van der Waals surface area (Å²) in [5.74, 6) is 0.324. The van der Waals surface area contributed by atoms with Gasteiger partial charge in [0.05, 0.1) is 18.1 Å². The summed E-state index contributed by atoms with van der Waals surface area (Å²) < 4.78 is 5.35. The number of morpholine rings is 1. The Kier molecular flexibility index (Phi) is 4.10. The molecule has 114 valence electrons. The fourth-order valence-electron chi connectivity index (χ4n) is 2.21. The third kappa shape index (κ3) is 3.29. The Bertz CT molecular complexity index is 656. The average Bonchev–Trinajstić information content (AvgIpc) is 2.56. The first-order valence-electron chi connectivity index (χ1n) is 6.88. The molecule has 0 unspecified atom stereocenters. The fraction of sp³-hybridized carbons (Fsp3) is 0.286. The van der Waals surface area contributed by atoms with Gasteiger partial charge in [0.25, 0.3) is 0 Å². The van der Waals surface area contributed by atoms with Crippen molar-refractivity contribution in [2.45, 2.75) is 0 Å². The predicted octanol–water partition coefficient (Wildman–Crippen LogP) is 1.96. The van der Waals surface area contributed by atoms with Gasteiger partial charge in [0.15, 0.2) is 0 Å². The van der Waals surface area contributed by atoms with Gasteiger partial charge in [-0.05, 0) is 18.2 Å². The highest BCUT2D eigenvalue weighted by Gasteiger charge is 2.12. The van der Waals surface area contributed by atoms with E-state index in [9.17, 15) is 10.1 Å². The normalized spacial score (nSPS) is 14.6. The van der Waals surface area contributed by atoms with Crippen LogP contribution in [-0.4, -0.2) is 41.2 Å². The van der Waals surface area contributed by atoms with Gasteiger partial charge in [-0.3, -0.25) is 10.1 Å². The van der Waals surface area contributed by atoms with Crippen LogP contribution in [0.5, 0.6) is 0 Å². The third-order valence-corrected chi connectivity index (χ3v) is 3.33. The molecule has 0 bridgehead atoms. The molecule has 1 N–H and O–H groups in total. The molecule has 2 heterocycles. The Balaban J connectivity index is 1.73. The minimum absolute atomic E-state index is 0.132. The maximum absolute atomic E-state index is 10.6. The number of nitrogens with one attached hydrogen (secondary N) is 1. The fourth-order valence-corrected chi connectivity index (χ4v) is 2.21. The van der Waals surface area contributed by atoms with E-state index in [0.29, 0.717) is 5.95 Å². The average molecular weight is 301 g/mol. The molecule has 1 fully saturated rings. The SMILES string of the molecule is O=[N+]([O-])c1cnc(Nc2cccc(N3CCOCC3)c2)nc1. The van der Waals surface area contributed by atoms with E-state index in [-0.39, 0.29) is 5.69 Å². The monoisotopic (exact) mass is 301 g/mol. The Labute approximate surface area is 126 Å². The van der Waals surface area contributed by atoms with Gasteiger partial charge < -0.3 is 15.0 Å². The molecule has 1 aromatic heterocycles. The molecule has 0 saturated carbocycles. The molecule has 1 aliphatic rings. The summed E-state index contributed by atoms with van der Waals surface area (Å²) in [7, 11) is 0. The van der Waals surface area contributed by atoms with Crippen LogP contribution < -0.4 is 10.2 Å². The second kappa shape index (κ2) is 6.35. The highest BCUT2D eigenvalue weighted by molar-refractivity contribution is 5.62. The number of benzene rings is 1. The molecule has 0 spiro atoms. The van der Waals surface area contributed by atoms with Gasteiger partial charge in [-0.2, -0.15) is 0 Å². The lowest BCUT2D eigenvalue weighted by atomic mass is 10.2. The van der Waals surface area contributed by atoms with E-state index in [1.807, 2.05) is 24.3 Å². The Hall–Kier alpha value is -2.74. The van der Waals surface area contributed by atoms with E-state index in [1.54, 1.807) is 0 Å². The zero-order chi connectivity index (χ0) is 15.4. The van der Waals surface area contributed by atoms with Crippen LogP contribution in [0.1, 0.15) is 0 Å². The van der Waals surface area contributed by atoms with Crippen molar-refractivity contribution in [3.63, 3.8) is 0 Å². The lowest BCUT2D eigenvalue weighted by Gasteiger charge is -2.29. The summed E-state index contributed by atoms with van der Waals surface area (Å²) in [6.07, 6.45) is 2.36. The second-order valence-corrected chi connectivity index (χ2v) is 4.80. The number of hydrogen-bond acceptors (Lipinski definition) is 7. The molecular weight excluding hydrogens is 286 g/mol. The molecule has 0 radical (unpaired) electrons. The van der Waals surface area contributed by atoms with E-state index in [1.165, 1.54) is 12.4 Å². The van der Waals surface area contributed by atoms with E-state index in [0.717, 1.165) is 37.7 Å². The number of ether oxygens (including phenoxy) is 1. The molecule has 1 aliphatic heterocycles. The van der Waals surface area contributed by atoms with Crippen molar-refractivity contribution in [3.05, 3.63) is 46.8 Å². The van der Waals surface area contributed by atoms with E-state index in [2.05, 4.69) is 20.2 Å². The molecule has 0 amide bonds. The Morgan fingerprint density at radius 1 is 1.23 bits per heavy atom. The van der Waals surface area contributed by atoms with Crippen LogP contribution in [0, 0.1) is 10.1 Å². The summed E-state index contributed by atoms with van der Waals surface area (Å²) in [5, 5.41) is 13.6. The molecule has 0 atom stereocenters. The summed E-state index contributed by atoms with van der Waals surface area (Å²) in [6, 6.07) is 7.87. The molecule has 2 aromatic rings. The first kappa shape index (κ1) is 14.2. The van der Waals surface area contributed by atoms with Crippen LogP contribution in [0.15, 0.2) is 36.7 Å². The predicted molar refractivity (Wildman–Crippen MR) is 81.4 cm³/mol. The van der Waals surface area contributed by atoms with E-state index < -0.39 is 4.92 Å². The van der Waals surface area contributed by atoms with Gasteiger partial charge in [-0.25, -0.2) is 9.97 Å². The maximum atomic E-state index is 10.6. The standard InChI is InChI=1S/C14H15N5O3/c20-19(21)13-9-15-14(16-10-13)17-11-2-1-3-12(8-11)18-4-6-22-7-5-18/h1-3,8-10H,4-7H2,(H,15,16,17). The minimum Gasteiger partial charge on any atom is -0.378 e. The number of hydrogen-bond donors (Lipinski definition) is 1. The molecule has 8 heteroatoms. The van der Waals surface area contributed by atoms with Crippen LogP contribution >= 0.6 is 0 Å². The van der Waals surface area contributed by atoms with Crippen molar-refractivity contribution in [1.29, 1.82) is 0 Å². The molecule has 8 nitrogen and oxygen atoms in total. The summed E-state index contributed by atoms with van der Waals surface area (Å²) in [4.78, 5) is 20.2. The molecule has 22 heavy (non-hydrogen) atoms. The number of nitro groups is 1. The summed E-state index contributed by atoms with van der Waals surface area (Å²) in [5.41, 5.74) is 1.79. The van der Waals surface area contributed by atoms with Gasteiger partial charge in [0.1, 0.15) is 12.4 Å². The van der Waals surface area contributed by atoms with Gasteiger partial charge in [0, 0.05) is 24.5 Å². The van der Waals surface area contributed by atoms with E-state index >= 15 is 0 Å². The topological polar surface area (TPSA) is 93.4 Å². The highest BCUT2D eigenvalue weighted by atomic mass is 16.6. The van der Waals surface area contributed by atoms with Gasteiger partial charge in [0.2, 0.25) is 5.95 Å². The van der Waals surface area contributed by atoms with Crippen LogP contribution in [0.2, 0.25) is 0 Å². The zero-order valence-corrected chi connectivity index (χ0v) is 11.8. The second-order valence-electron chi connectivity index (χ2n) is 4.80. The first-order valence-corrected chi connectivity index (χ1v) is 6.88. The number of nitrogens with zero attached hydrogens (tertiary/aromatic N) is 4.